The molecule has 3 nitrogen and oxygen atoms in total. The van der Waals surface area contributed by atoms with Crippen LogP contribution in [-0.2, 0) is 0 Å². The Morgan fingerprint density at radius 3 is 1.68 bits per heavy atom. The average Bonchev–Trinajstić information content (AvgIpc) is 3.91. The summed E-state index contributed by atoms with van der Waals surface area (Å²) in [6.07, 6.45) is 0. The van der Waals surface area contributed by atoms with E-state index in [1.807, 2.05) is 0 Å². The first-order valence-corrected chi connectivity index (χ1v) is 22.2. The summed E-state index contributed by atoms with van der Waals surface area (Å²) in [6.45, 7) is 0. The van der Waals surface area contributed by atoms with Crippen molar-refractivity contribution >= 4 is 82.4 Å². The average molecular weight is 829 g/mol. The Bertz CT molecular complexity index is 3910. The number of hydrogen-bond acceptors (Lipinski definition) is 2. The third-order valence-corrected chi connectivity index (χ3v) is 13.1. The third kappa shape index (κ3) is 6.20. The molecule has 0 amide bonds. The molecule has 0 bridgehead atoms. The lowest BCUT2D eigenvalue weighted by Crippen LogP contribution is -2.12. The second-order valence-corrected chi connectivity index (χ2v) is 16.9. The van der Waals surface area contributed by atoms with Crippen LogP contribution in [0.1, 0.15) is 0 Å². The van der Waals surface area contributed by atoms with E-state index in [0.29, 0.717) is 0 Å². The van der Waals surface area contributed by atoms with Crippen LogP contribution in [0.3, 0.4) is 0 Å². The van der Waals surface area contributed by atoms with Crippen LogP contribution >= 0.6 is 0 Å². The van der Waals surface area contributed by atoms with E-state index >= 15 is 0 Å². The third-order valence-electron chi connectivity index (χ3n) is 13.1. The Kier molecular flexibility index (Phi) is 8.53. The van der Waals surface area contributed by atoms with Crippen LogP contribution in [0, 0.1) is 0 Å². The summed E-state index contributed by atoms with van der Waals surface area (Å²) in [4.78, 5) is 2.40. The van der Waals surface area contributed by atoms with E-state index in [2.05, 4.69) is 252 Å². The lowest BCUT2D eigenvalue weighted by atomic mass is 9.97. The highest BCUT2D eigenvalue weighted by Gasteiger charge is 2.22. The van der Waals surface area contributed by atoms with Crippen molar-refractivity contribution < 1.29 is 4.42 Å². The van der Waals surface area contributed by atoms with Crippen molar-refractivity contribution in [3.63, 3.8) is 0 Å². The second kappa shape index (κ2) is 15.0. The zero-order valence-electron chi connectivity index (χ0n) is 35.4. The van der Waals surface area contributed by atoms with E-state index in [0.717, 1.165) is 61.4 Å². The number of para-hydroxylation sites is 4. The van der Waals surface area contributed by atoms with Gasteiger partial charge < -0.3 is 13.9 Å². The van der Waals surface area contributed by atoms with Gasteiger partial charge in [-0.1, -0.05) is 170 Å². The molecule has 0 aliphatic rings. The minimum atomic E-state index is 0.880. The quantitative estimate of drug-likeness (QED) is 0.160. The molecular formula is C62H40N2O. The van der Waals surface area contributed by atoms with Gasteiger partial charge in [-0.2, -0.15) is 0 Å². The van der Waals surface area contributed by atoms with Crippen LogP contribution < -0.4 is 4.90 Å². The molecule has 0 aliphatic carbocycles. The molecule has 0 saturated carbocycles. The van der Waals surface area contributed by atoms with Gasteiger partial charge in [0.2, 0.25) is 0 Å². The zero-order valence-corrected chi connectivity index (χ0v) is 35.4. The highest BCUT2D eigenvalue weighted by atomic mass is 16.3. The first-order chi connectivity index (χ1) is 32.2. The molecule has 0 radical (unpaired) electrons. The fourth-order valence-corrected chi connectivity index (χ4v) is 10.0. The largest absolute Gasteiger partial charge is 0.455 e. The van der Waals surface area contributed by atoms with E-state index in [1.54, 1.807) is 0 Å². The topological polar surface area (TPSA) is 21.3 Å². The summed E-state index contributed by atoms with van der Waals surface area (Å²) < 4.78 is 9.24. The number of rotatable bonds is 7. The zero-order chi connectivity index (χ0) is 42.8. The van der Waals surface area contributed by atoms with Gasteiger partial charge in [-0.3, -0.25) is 0 Å². The van der Waals surface area contributed by atoms with Gasteiger partial charge in [0, 0.05) is 49.7 Å². The van der Waals surface area contributed by atoms with Crippen molar-refractivity contribution in [1.29, 1.82) is 0 Å². The van der Waals surface area contributed by atoms with Gasteiger partial charge in [-0.15, -0.1) is 0 Å². The molecule has 0 saturated heterocycles. The molecule has 11 aromatic carbocycles. The Morgan fingerprint density at radius 1 is 0.323 bits per heavy atom. The van der Waals surface area contributed by atoms with Crippen molar-refractivity contribution in [2.24, 2.45) is 0 Å². The van der Waals surface area contributed by atoms with Crippen molar-refractivity contribution in [3.05, 3.63) is 243 Å². The van der Waals surface area contributed by atoms with E-state index in [1.165, 1.54) is 60.0 Å². The van der Waals surface area contributed by atoms with Crippen molar-refractivity contribution in [1.82, 2.24) is 4.57 Å². The number of fused-ring (bicyclic) bond motifs is 8. The number of nitrogens with zero attached hydrogens (tertiary/aromatic N) is 2. The Morgan fingerprint density at radius 2 is 0.892 bits per heavy atom. The minimum absolute atomic E-state index is 0.880. The van der Waals surface area contributed by atoms with Crippen molar-refractivity contribution in [3.8, 4) is 39.1 Å². The molecule has 0 aliphatic heterocycles. The molecule has 2 aromatic heterocycles. The van der Waals surface area contributed by atoms with Crippen molar-refractivity contribution in [2.75, 3.05) is 4.90 Å². The summed E-state index contributed by atoms with van der Waals surface area (Å²) in [6, 6.07) is 87.7. The normalized spacial score (nSPS) is 11.7. The maximum Gasteiger partial charge on any atom is 0.143 e. The molecule has 3 heteroatoms. The predicted molar refractivity (Wildman–Crippen MR) is 274 cm³/mol. The smallest absolute Gasteiger partial charge is 0.143 e. The summed E-state index contributed by atoms with van der Waals surface area (Å²) in [5.74, 6) is 0. The second-order valence-electron chi connectivity index (χ2n) is 16.9. The number of anilines is 3. The van der Waals surface area contributed by atoms with Gasteiger partial charge in [0.1, 0.15) is 11.2 Å². The minimum Gasteiger partial charge on any atom is -0.455 e. The molecule has 65 heavy (non-hydrogen) atoms. The Balaban J connectivity index is 0.976. The number of aromatic nitrogens is 1. The fourth-order valence-electron chi connectivity index (χ4n) is 10.0. The standard InChI is InChI=1S/C62H40N2O/c1-2-15-43-37-48(31-30-41(43)14-1)45-19-11-18-44(36-45)42-32-34-49(35-33-42)63(50-20-12-21-51(40-50)64-59-28-9-5-22-52(59)53-23-6-10-29-60(53)64)58-27-8-7-24-54(58)55-25-13-26-56-57-38-46-16-3-4-17-47(46)39-61(57)65-62(55)56/h1-40H. The van der Waals surface area contributed by atoms with Gasteiger partial charge in [-0.05, 0) is 117 Å². The van der Waals surface area contributed by atoms with Gasteiger partial charge in [-0.25, -0.2) is 0 Å². The maximum atomic E-state index is 6.85. The van der Waals surface area contributed by atoms with Gasteiger partial charge >= 0.3 is 0 Å². The SMILES string of the molecule is c1cc(-c2ccc(N(c3cccc(-n4c5ccccc5c5ccccc54)c3)c3ccccc3-c3cccc4c3oc3cc5ccccc5cc34)cc2)cc(-c2ccc3ccccc3c2)c1. The monoisotopic (exact) mass is 828 g/mol. The molecule has 0 spiro atoms. The van der Waals surface area contributed by atoms with E-state index in [4.69, 9.17) is 4.42 Å². The lowest BCUT2D eigenvalue weighted by molar-refractivity contribution is 0.670. The summed E-state index contributed by atoms with van der Waals surface area (Å²) in [5, 5.41) is 9.56. The van der Waals surface area contributed by atoms with Crippen LogP contribution in [0.4, 0.5) is 17.1 Å². The highest BCUT2D eigenvalue weighted by Crippen LogP contribution is 2.46. The number of benzene rings is 11. The fraction of sp³-hybridized carbons (Fsp3) is 0. The predicted octanol–water partition coefficient (Wildman–Crippen LogP) is 17.5. The Labute approximate surface area is 376 Å². The molecule has 0 atom stereocenters. The van der Waals surface area contributed by atoms with E-state index in [9.17, 15) is 0 Å². The first kappa shape index (κ1) is 36.9. The summed E-state index contributed by atoms with van der Waals surface area (Å²) >= 11 is 0. The first-order valence-electron chi connectivity index (χ1n) is 22.2. The summed E-state index contributed by atoms with van der Waals surface area (Å²) in [7, 11) is 0. The Hall–Kier alpha value is -8.66. The van der Waals surface area contributed by atoms with Gasteiger partial charge in [0.25, 0.3) is 0 Å². The van der Waals surface area contributed by atoms with Crippen molar-refractivity contribution in [2.45, 2.75) is 0 Å². The van der Waals surface area contributed by atoms with E-state index < -0.39 is 0 Å². The van der Waals surface area contributed by atoms with Crippen LogP contribution in [0.5, 0.6) is 0 Å². The maximum absolute atomic E-state index is 6.85. The molecule has 13 aromatic rings. The lowest BCUT2D eigenvalue weighted by Gasteiger charge is -2.28. The molecule has 0 unspecified atom stereocenters. The molecule has 13 rings (SSSR count). The number of hydrogen-bond donors (Lipinski definition) is 0. The van der Waals surface area contributed by atoms with Gasteiger partial charge in [0.15, 0.2) is 0 Å². The van der Waals surface area contributed by atoms with Crippen LogP contribution in [0.25, 0.3) is 104 Å². The van der Waals surface area contributed by atoms with Gasteiger partial charge in [0.05, 0.1) is 16.7 Å². The van der Waals surface area contributed by atoms with Crippen LogP contribution in [0.2, 0.25) is 0 Å². The molecule has 2 heterocycles. The van der Waals surface area contributed by atoms with Crippen LogP contribution in [0.15, 0.2) is 247 Å². The highest BCUT2D eigenvalue weighted by molar-refractivity contribution is 6.14. The van der Waals surface area contributed by atoms with E-state index in [-0.39, 0.29) is 0 Å². The van der Waals surface area contributed by atoms with Crippen LogP contribution in [-0.4, -0.2) is 4.57 Å². The number of furan rings is 1. The molecule has 0 fully saturated rings. The molecule has 0 N–H and O–H groups in total. The molecular weight excluding hydrogens is 789 g/mol. The summed E-state index contributed by atoms with van der Waals surface area (Å²) in [5.41, 5.74) is 15.2. The molecule has 304 valence electrons.